The molecule has 0 spiro atoms. The number of aryl methyl sites for hydroxylation is 1. The van der Waals surface area contributed by atoms with Crippen LogP contribution in [0.5, 0.6) is 0 Å². The van der Waals surface area contributed by atoms with E-state index in [2.05, 4.69) is 13.8 Å². The highest BCUT2D eigenvalue weighted by molar-refractivity contribution is 7.89. The Hall–Kier alpha value is -1.07. The molecule has 2 N–H and O–H groups in total. The molecule has 1 aromatic rings. The molecule has 1 aromatic carbocycles. The molecule has 1 heterocycles. The van der Waals surface area contributed by atoms with Gasteiger partial charge in [0.05, 0.1) is 4.90 Å². The lowest BCUT2D eigenvalue weighted by molar-refractivity contribution is 0.375. The van der Waals surface area contributed by atoms with Gasteiger partial charge in [-0.2, -0.15) is 4.31 Å². The highest BCUT2D eigenvalue weighted by Crippen LogP contribution is 2.34. The molecule has 0 aromatic heterocycles. The minimum Gasteiger partial charge on any atom is -0.399 e. The summed E-state index contributed by atoms with van der Waals surface area (Å²) in [5, 5.41) is 0. The molecular weight excluding hydrogens is 260 g/mol. The smallest absolute Gasteiger partial charge is 0.243 e. The van der Waals surface area contributed by atoms with Crippen molar-refractivity contribution in [1.29, 1.82) is 0 Å². The van der Waals surface area contributed by atoms with Crippen LogP contribution in [0.15, 0.2) is 17.0 Å². The first-order valence-electron chi connectivity index (χ1n) is 6.50. The first-order chi connectivity index (χ1) is 8.63. The lowest BCUT2D eigenvalue weighted by atomic mass is 9.93. The number of rotatable bonds is 2. The maximum absolute atomic E-state index is 12.7. The van der Waals surface area contributed by atoms with Gasteiger partial charge < -0.3 is 5.73 Å². The van der Waals surface area contributed by atoms with Crippen molar-refractivity contribution in [3.8, 4) is 0 Å². The zero-order chi connectivity index (χ0) is 14.4. The van der Waals surface area contributed by atoms with Gasteiger partial charge in [-0.25, -0.2) is 8.42 Å². The van der Waals surface area contributed by atoms with E-state index in [0.29, 0.717) is 23.7 Å². The summed E-state index contributed by atoms with van der Waals surface area (Å²) in [4.78, 5) is 0.350. The molecule has 0 atom stereocenters. The fourth-order valence-corrected chi connectivity index (χ4v) is 4.49. The van der Waals surface area contributed by atoms with Gasteiger partial charge in [-0.3, -0.25) is 0 Å². The van der Waals surface area contributed by atoms with Gasteiger partial charge >= 0.3 is 0 Å². The van der Waals surface area contributed by atoms with Crippen molar-refractivity contribution in [2.75, 3.05) is 18.8 Å². The van der Waals surface area contributed by atoms with E-state index < -0.39 is 10.0 Å². The summed E-state index contributed by atoms with van der Waals surface area (Å²) in [5.74, 6) is 0. The minimum atomic E-state index is -3.43. The summed E-state index contributed by atoms with van der Waals surface area (Å²) < 4.78 is 27.0. The number of hydrogen-bond donors (Lipinski definition) is 1. The molecule has 0 radical (unpaired) electrons. The molecule has 0 saturated carbocycles. The van der Waals surface area contributed by atoms with Crippen LogP contribution >= 0.6 is 0 Å². The molecule has 0 amide bonds. The monoisotopic (exact) mass is 282 g/mol. The highest BCUT2D eigenvalue weighted by Gasteiger charge is 2.37. The second-order valence-corrected chi connectivity index (χ2v) is 8.12. The SMILES string of the molecule is Cc1cc(N)cc(S(=O)(=O)N2CCC(C)(C)C2)c1C. The van der Waals surface area contributed by atoms with Crippen LogP contribution in [0.3, 0.4) is 0 Å². The summed E-state index contributed by atoms with van der Waals surface area (Å²) in [5.41, 5.74) is 8.05. The van der Waals surface area contributed by atoms with Crippen molar-refractivity contribution < 1.29 is 8.42 Å². The van der Waals surface area contributed by atoms with E-state index in [1.165, 1.54) is 0 Å². The number of benzene rings is 1. The van der Waals surface area contributed by atoms with Crippen molar-refractivity contribution in [3.05, 3.63) is 23.3 Å². The van der Waals surface area contributed by atoms with Crippen LogP contribution in [0.25, 0.3) is 0 Å². The third-order valence-electron chi connectivity index (χ3n) is 3.90. The molecule has 1 fully saturated rings. The average Bonchev–Trinajstić information content (AvgIpc) is 2.64. The largest absolute Gasteiger partial charge is 0.399 e. The summed E-state index contributed by atoms with van der Waals surface area (Å²) in [6.07, 6.45) is 0.895. The van der Waals surface area contributed by atoms with Crippen molar-refractivity contribution in [2.24, 2.45) is 5.41 Å². The molecule has 5 heteroatoms. The van der Waals surface area contributed by atoms with E-state index in [9.17, 15) is 8.42 Å². The fourth-order valence-electron chi connectivity index (χ4n) is 2.53. The van der Waals surface area contributed by atoms with Gasteiger partial charge in [0.15, 0.2) is 0 Å². The van der Waals surface area contributed by atoms with Gasteiger partial charge in [0, 0.05) is 18.8 Å². The lowest BCUT2D eigenvalue weighted by Crippen LogP contribution is -2.31. The summed E-state index contributed by atoms with van der Waals surface area (Å²) in [7, 11) is -3.43. The van der Waals surface area contributed by atoms with Crippen LogP contribution < -0.4 is 5.73 Å². The molecule has 106 valence electrons. The molecule has 0 bridgehead atoms. The third-order valence-corrected chi connectivity index (χ3v) is 5.87. The van der Waals surface area contributed by atoms with Gasteiger partial charge in [0.2, 0.25) is 10.0 Å². The summed E-state index contributed by atoms with van der Waals surface area (Å²) >= 11 is 0. The molecule has 0 unspecified atom stereocenters. The molecule has 1 aliphatic rings. The Balaban J connectivity index is 2.47. The molecule has 4 nitrogen and oxygen atoms in total. The van der Waals surface area contributed by atoms with E-state index in [1.54, 1.807) is 10.4 Å². The third kappa shape index (κ3) is 2.62. The van der Waals surface area contributed by atoms with Crippen molar-refractivity contribution in [2.45, 2.75) is 39.0 Å². The van der Waals surface area contributed by atoms with E-state index in [0.717, 1.165) is 17.5 Å². The molecule has 1 saturated heterocycles. The predicted octanol–water partition coefficient (Wildman–Crippen LogP) is 2.31. The van der Waals surface area contributed by atoms with Crippen LogP contribution in [0.1, 0.15) is 31.4 Å². The molecule has 19 heavy (non-hydrogen) atoms. The van der Waals surface area contributed by atoms with Gasteiger partial charge in [0.25, 0.3) is 0 Å². The van der Waals surface area contributed by atoms with Crippen LogP contribution in [0.2, 0.25) is 0 Å². The van der Waals surface area contributed by atoms with E-state index >= 15 is 0 Å². The molecule has 1 aliphatic heterocycles. The maximum Gasteiger partial charge on any atom is 0.243 e. The molecule has 0 aliphatic carbocycles. The van der Waals surface area contributed by atoms with Gasteiger partial charge in [-0.05, 0) is 48.9 Å². The fraction of sp³-hybridized carbons (Fsp3) is 0.571. The second-order valence-electron chi connectivity index (χ2n) is 6.21. The Bertz CT molecular complexity index is 606. The number of nitrogen functional groups attached to an aromatic ring is 1. The summed E-state index contributed by atoms with van der Waals surface area (Å²) in [6, 6.07) is 3.38. The lowest BCUT2D eigenvalue weighted by Gasteiger charge is -2.21. The van der Waals surface area contributed by atoms with Gasteiger partial charge in [-0.15, -0.1) is 0 Å². The number of sulfonamides is 1. The van der Waals surface area contributed by atoms with Gasteiger partial charge in [-0.1, -0.05) is 13.8 Å². The Labute approximate surface area is 115 Å². The van der Waals surface area contributed by atoms with Crippen LogP contribution in [0.4, 0.5) is 5.69 Å². The van der Waals surface area contributed by atoms with Crippen molar-refractivity contribution in [3.63, 3.8) is 0 Å². The van der Waals surface area contributed by atoms with E-state index in [-0.39, 0.29) is 5.41 Å². The van der Waals surface area contributed by atoms with Crippen LogP contribution in [0, 0.1) is 19.3 Å². The standard InChI is InChI=1S/C14H22N2O2S/c1-10-7-12(15)8-13(11(10)2)19(17,18)16-6-5-14(3,4)9-16/h7-8H,5-6,9,15H2,1-4H3. The molecule has 2 rings (SSSR count). The van der Waals surface area contributed by atoms with E-state index in [1.807, 2.05) is 19.9 Å². The first-order valence-corrected chi connectivity index (χ1v) is 7.94. The zero-order valence-electron chi connectivity index (χ0n) is 12.0. The average molecular weight is 282 g/mol. The Morgan fingerprint density at radius 2 is 1.89 bits per heavy atom. The number of anilines is 1. The minimum absolute atomic E-state index is 0.0519. The number of nitrogens with two attached hydrogens (primary N) is 1. The quantitative estimate of drug-likeness (QED) is 0.847. The normalized spacial score (nSPS) is 19.8. The Kier molecular flexibility index (Phi) is 3.39. The van der Waals surface area contributed by atoms with Gasteiger partial charge in [0.1, 0.15) is 0 Å². The zero-order valence-corrected chi connectivity index (χ0v) is 12.8. The van der Waals surface area contributed by atoms with Crippen molar-refractivity contribution in [1.82, 2.24) is 4.31 Å². The van der Waals surface area contributed by atoms with E-state index in [4.69, 9.17) is 5.73 Å². The highest BCUT2D eigenvalue weighted by atomic mass is 32.2. The van der Waals surface area contributed by atoms with Crippen LogP contribution in [-0.2, 0) is 10.0 Å². The predicted molar refractivity (Wildman–Crippen MR) is 77.5 cm³/mol. The topological polar surface area (TPSA) is 63.4 Å². The maximum atomic E-state index is 12.7. The number of nitrogens with zero attached hydrogens (tertiary/aromatic N) is 1. The second kappa shape index (κ2) is 4.49. The number of hydrogen-bond acceptors (Lipinski definition) is 3. The van der Waals surface area contributed by atoms with Crippen LogP contribution in [-0.4, -0.2) is 25.8 Å². The molecular formula is C14H22N2O2S. The summed E-state index contributed by atoms with van der Waals surface area (Å²) in [6.45, 7) is 9.08. The Morgan fingerprint density at radius 1 is 1.26 bits per heavy atom. The first kappa shape index (κ1) is 14.3. The Morgan fingerprint density at radius 3 is 2.42 bits per heavy atom. The van der Waals surface area contributed by atoms with Crippen molar-refractivity contribution >= 4 is 15.7 Å².